The van der Waals surface area contributed by atoms with Gasteiger partial charge in [0.15, 0.2) is 18.1 Å². The highest BCUT2D eigenvalue weighted by Gasteiger charge is 2.14. The smallest absolute Gasteiger partial charge is 0.341 e. The molecule has 27 heavy (non-hydrogen) atoms. The minimum Gasteiger partial charge on any atom is -0.493 e. The van der Waals surface area contributed by atoms with Crippen molar-refractivity contribution in [2.24, 2.45) is 0 Å². The quantitative estimate of drug-likeness (QED) is 0.680. The number of carbonyl (C=O) groups is 2. The zero-order chi connectivity index (χ0) is 19.6. The summed E-state index contributed by atoms with van der Waals surface area (Å²) in [6.45, 7) is 2.08. The Kier molecular flexibility index (Phi) is 7.49. The van der Waals surface area contributed by atoms with Crippen molar-refractivity contribution in [3.8, 4) is 17.2 Å². The predicted molar refractivity (Wildman–Crippen MR) is 99.3 cm³/mol. The molecular weight excluding hydrogens is 350 g/mol. The van der Waals surface area contributed by atoms with E-state index in [0.717, 1.165) is 5.56 Å². The molecule has 0 bridgehead atoms. The van der Waals surface area contributed by atoms with Gasteiger partial charge in [0.05, 0.1) is 20.8 Å². The lowest BCUT2D eigenvalue weighted by atomic mass is 10.2. The number of para-hydroxylation sites is 1. The summed E-state index contributed by atoms with van der Waals surface area (Å²) in [5.74, 6) is 0.704. The van der Waals surface area contributed by atoms with Gasteiger partial charge in [0.25, 0.3) is 5.91 Å². The van der Waals surface area contributed by atoms with Gasteiger partial charge in [-0.15, -0.1) is 0 Å². The van der Waals surface area contributed by atoms with Crippen LogP contribution in [0.25, 0.3) is 0 Å². The summed E-state index contributed by atoms with van der Waals surface area (Å²) in [6.07, 6.45) is 0. The summed E-state index contributed by atoms with van der Waals surface area (Å²) in [7, 11) is 3.11. The van der Waals surface area contributed by atoms with E-state index >= 15 is 0 Å². The molecule has 0 spiro atoms. The van der Waals surface area contributed by atoms with Crippen molar-refractivity contribution < 1.29 is 28.5 Å². The number of methoxy groups -OCH3 is 2. The first-order valence-corrected chi connectivity index (χ1v) is 8.45. The van der Waals surface area contributed by atoms with Gasteiger partial charge in [0.1, 0.15) is 11.3 Å². The van der Waals surface area contributed by atoms with Gasteiger partial charge < -0.3 is 24.3 Å². The molecule has 0 aliphatic carbocycles. The van der Waals surface area contributed by atoms with E-state index in [1.807, 2.05) is 6.07 Å². The highest BCUT2D eigenvalue weighted by atomic mass is 16.5. The Morgan fingerprint density at radius 3 is 2.41 bits per heavy atom. The SMILES string of the molecule is CCOC(=O)c1ccccc1OCC(=O)NCc1ccc(OC)c(OC)c1. The lowest BCUT2D eigenvalue weighted by Crippen LogP contribution is -2.28. The third-order valence-corrected chi connectivity index (χ3v) is 3.68. The topological polar surface area (TPSA) is 83.1 Å². The molecule has 7 nitrogen and oxygen atoms in total. The van der Waals surface area contributed by atoms with Crippen LogP contribution in [-0.4, -0.2) is 39.3 Å². The fourth-order valence-electron chi connectivity index (χ4n) is 2.36. The van der Waals surface area contributed by atoms with Crippen LogP contribution >= 0.6 is 0 Å². The lowest BCUT2D eigenvalue weighted by molar-refractivity contribution is -0.123. The maximum Gasteiger partial charge on any atom is 0.341 e. The third-order valence-electron chi connectivity index (χ3n) is 3.68. The molecule has 1 amide bonds. The largest absolute Gasteiger partial charge is 0.493 e. The van der Waals surface area contributed by atoms with Crippen LogP contribution in [0.5, 0.6) is 17.2 Å². The Morgan fingerprint density at radius 1 is 0.963 bits per heavy atom. The van der Waals surface area contributed by atoms with Crippen LogP contribution in [0, 0.1) is 0 Å². The van der Waals surface area contributed by atoms with E-state index in [1.165, 1.54) is 0 Å². The first-order valence-electron chi connectivity index (χ1n) is 8.45. The highest BCUT2D eigenvalue weighted by Crippen LogP contribution is 2.27. The normalized spacial score (nSPS) is 10.0. The van der Waals surface area contributed by atoms with Crippen molar-refractivity contribution >= 4 is 11.9 Å². The van der Waals surface area contributed by atoms with Crippen LogP contribution in [-0.2, 0) is 16.1 Å². The van der Waals surface area contributed by atoms with Crippen LogP contribution in [0.15, 0.2) is 42.5 Å². The first kappa shape index (κ1) is 20.1. The second kappa shape index (κ2) is 10.1. The molecule has 1 N–H and O–H groups in total. The minimum atomic E-state index is -0.487. The van der Waals surface area contributed by atoms with Gasteiger partial charge in [-0.25, -0.2) is 4.79 Å². The third kappa shape index (κ3) is 5.64. The van der Waals surface area contributed by atoms with Crippen molar-refractivity contribution in [3.05, 3.63) is 53.6 Å². The number of amides is 1. The summed E-state index contributed by atoms with van der Waals surface area (Å²) in [5, 5.41) is 2.76. The fourth-order valence-corrected chi connectivity index (χ4v) is 2.36. The number of rotatable bonds is 9. The molecule has 0 atom stereocenters. The Labute approximate surface area is 158 Å². The second-order valence-corrected chi connectivity index (χ2v) is 5.47. The van der Waals surface area contributed by atoms with Crippen molar-refractivity contribution in [2.45, 2.75) is 13.5 Å². The molecule has 0 heterocycles. The van der Waals surface area contributed by atoms with Crippen molar-refractivity contribution in [1.82, 2.24) is 5.32 Å². The van der Waals surface area contributed by atoms with Crippen LogP contribution in [0.2, 0.25) is 0 Å². The van der Waals surface area contributed by atoms with Gasteiger partial charge in [-0.2, -0.15) is 0 Å². The molecule has 0 saturated heterocycles. The van der Waals surface area contributed by atoms with E-state index in [1.54, 1.807) is 57.5 Å². The van der Waals surface area contributed by atoms with E-state index in [2.05, 4.69) is 5.32 Å². The van der Waals surface area contributed by atoms with E-state index in [9.17, 15) is 9.59 Å². The van der Waals surface area contributed by atoms with E-state index in [0.29, 0.717) is 23.8 Å². The Balaban J connectivity index is 1.91. The van der Waals surface area contributed by atoms with Crippen molar-refractivity contribution in [3.63, 3.8) is 0 Å². The van der Waals surface area contributed by atoms with Crippen LogP contribution in [0.4, 0.5) is 0 Å². The predicted octanol–water partition coefficient (Wildman–Crippen LogP) is 2.58. The molecule has 0 saturated carbocycles. The molecule has 2 aromatic rings. The Morgan fingerprint density at radius 2 is 1.70 bits per heavy atom. The number of nitrogens with one attached hydrogen (secondary N) is 1. The van der Waals surface area contributed by atoms with Gasteiger partial charge in [-0.05, 0) is 36.8 Å². The number of ether oxygens (including phenoxy) is 4. The van der Waals surface area contributed by atoms with Gasteiger partial charge in [-0.1, -0.05) is 18.2 Å². The number of benzene rings is 2. The van der Waals surface area contributed by atoms with Crippen LogP contribution < -0.4 is 19.5 Å². The maximum atomic E-state index is 12.1. The average molecular weight is 373 g/mol. The summed E-state index contributed by atoms with van der Waals surface area (Å²) >= 11 is 0. The van der Waals surface area contributed by atoms with Gasteiger partial charge in [0, 0.05) is 6.54 Å². The summed E-state index contributed by atoms with van der Waals surface area (Å²) in [6, 6.07) is 12.0. The van der Waals surface area contributed by atoms with E-state index in [4.69, 9.17) is 18.9 Å². The summed E-state index contributed by atoms with van der Waals surface area (Å²) in [5.41, 5.74) is 1.14. The first-order chi connectivity index (χ1) is 13.1. The maximum absolute atomic E-state index is 12.1. The highest BCUT2D eigenvalue weighted by molar-refractivity contribution is 5.92. The second-order valence-electron chi connectivity index (χ2n) is 5.47. The molecule has 144 valence electrons. The number of esters is 1. The average Bonchev–Trinajstić information content (AvgIpc) is 2.70. The van der Waals surface area contributed by atoms with Gasteiger partial charge in [0.2, 0.25) is 0 Å². The zero-order valence-electron chi connectivity index (χ0n) is 15.6. The zero-order valence-corrected chi connectivity index (χ0v) is 15.6. The summed E-state index contributed by atoms with van der Waals surface area (Å²) < 4.78 is 20.9. The van der Waals surface area contributed by atoms with Crippen molar-refractivity contribution in [1.29, 1.82) is 0 Å². The molecule has 0 aromatic heterocycles. The van der Waals surface area contributed by atoms with E-state index in [-0.39, 0.29) is 24.7 Å². The monoisotopic (exact) mass is 373 g/mol. The molecule has 0 fully saturated rings. The summed E-state index contributed by atoms with van der Waals surface area (Å²) in [4.78, 5) is 24.0. The number of carbonyl (C=O) groups excluding carboxylic acids is 2. The molecule has 0 aliphatic heterocycles. The van der Waals surface area contributed by atoms with E-state index < -0.39 is 5.97 Å². The van der Waals surface area contributed by atoms with Crippen molar-refractivity contribution in [2.75, 3.05) is 27.4 Å². The number of hydrogen-bond acceptors (Lipinski definition) is 6. The molecule has 0 aliphatic rings. The fraction of sp³-hybridized carbons (Fsp3) is 0.300. The van der Waals surface area contributed by atoms with Crippen LogP contribution in [0.3, 0.4) is 0 Å². The standard InChI is InChI=1S/C20H23NO6/c1-4-26-20(23)15-7-5-6-8-16(15)27-13-19(22)21-12-14-9-10-17(24-2)18(11-14)25-3/h5-11H,4,12-13H2,1-3H3,(H,21,22). The molecule has 2 aromatic carbocycles. The molecule has 7 heteroatoms. The minimum absolute atomic E-state index is 0.219. The molecule has 0 radical (unpaired) electrons. The van der Waals surface area contributed by atoms with Gasteiger partial charge >= 0.3 is 5.97 Å². The molecular formula is C20H23NO6. The lowest BCUT2D eigenvalue weighted by Gasteiger charge is -2.12. The van der Waals surface area contributed by atoms with Gasteiger partial charge in [-0.3, -0.25) is 4.79 Å². The van der Waals surface area contributed by atoms with Crippen LogP contribution in [0.1, 0.15) is 22.8 Å². The Bertz CT molecular complexity index is 790. The Hall–Kier alpha value is -3.22. The number of hydrogen-bond donors (Lipinski definition) is 1. The molecule has 2 rings (SSSR count). The molecule has 0 unspecified atom stereocenters.